The molecular formula is C24H29N5. The molecule has 5 nitrogen and oxygen atoms in total. The van der Waals surface area contributed by atoms with E-state index < -0.39 is 0 Å². The molecule has 1 aliphatic rings. The molecule has 1 N–H and O–H groups in total. The van der Waals surface area contributed by atoms with Gasteiger partial charge in [0.25, 0.3) is 0 Å². The first kappa shape index (κ1) is 19.2. The maximum atomic E-state index is 4.91. The largest absolute Gasteiger partial charge is 0.357 e. The third-order valence-electron chi connectivity index (χ3n) is 5.36. The van der Waals surface area contributed by atoms with Crippen LogP contribution in [0.3, 0.4) is 0 Å². The lowest BCUT2D eigenvalue weighted by Gasteiger charge is -2.31. The zero-order chi connectivity index (χ0) is 19.9. The third-order valence-corrected chi connectivity index (χ3v) is 5.36. The molecule has 5 heteroatoms. The SMILES string of the molecule is CCNC(=NCCc1nccn1Cc1ccccc1)N1CCc2ccccc2C1. The normalized spacial score (nSPS) is 14.0. The number of aromatic nitrogens is 2. The number of nitrogens with one attached hydrogen (secondary N) is 1. The maximum Gasteiger partial charge on any atom is 0.194 e. The van der Waals surface area contributed by atoms with Gasteiger partial charge in [0.2, 0.25) is 0 Å². The van der Waals surface area contributed by atoms with E-state index >= 15 is 0 Å². The molecule has 1 aliphatic heterocycles. The van der Waals surface area contributed by atoms with Crippen LogP contribution in [0.15, 0.2) is 72.0 Å². The first-order valence-electron chi connectivity index (χ1n) is 10.5. The van der Waals surface area contributed by atoms with Crippen molar-refractivity contribution in [3.8, 4) is 0 Å². The van der Waals surface area contributed by atoms with Crippen molar-refractivity contribution in [3.05, 3.63) is 89.5 Å². The number of imidazole rings is 1. The van der Waals surface area contributed by atoms with E-state index in [-0.39, 0.29) is 0 Å². The maximum absolute atomic E-state index is 4.91. The number of hydrogen-bond acceptors (Lipinski definition) is 2. The zero-order valence-corrected chi connectivity index (χ0v) is 17.1. The van der Waals surface area contributed by atoms with Crippen LogP contribution in [0.2, 0.25) is 0 Å². The molecular weight excluding hydrogens is 358 g/mol. The Balaban J connectivity index is 1.40. The Hall–Kier alpha value is -3.08. The molecule has 0 aliphatic carbocycles. The van der Waals surface area contributed by atoms with Gasteiger partial charge in [0.1, 0.15) is 5.82 Å². The van der Waals surface area contributed by atoms with E-state index in [2.05, 4.69) is 81.4 Å². The van der Waals surface area contributed by atoms with Gasteiger partial charge in [-0.3, -0.25) is 4.99 Å². The van der Waals surface area contributed by atoms with Crippen molar-refractivity contribution < 1.29 is 0 Å². The van der Waals surface area contributed by atoms with Crippen LogP contribution >= 0.6 is 0 Å². The molecule has 1 aromatic heterocycles. The molecule has 2 aromatic carbocycles. The Bertz CT molecular complexity index is 945. The highest BCUT2D eigenvalue weighted by molar-refractivity contribution is 5.80. The second-order valence-electron chi connectivity index (χ2n) is 7.38. The topological polar surface area (TPSA) is 45.5 Å². The smallest absolute Gasteiger partial charge is 0.194 e. The number of hydrogen-bond donors (Lipinski definition) is 1. The molecule has 29 heavy (non-hydrogen) atoms. The summed E-state index contributed by atoms with van der Waals surface area (Å²) in [4.78, 5) is 11.8. The van der Waals surface area contributed by atoms with E-state index in [9.17, 15) is 0 Å². The van der Waals surface area contributed by atoms with Gasteiger partial charge in [-0.15, -0.1) is 0 Å². The quantitative estimate of drug-likeness (QED) is 0.520. The summed E-state index contributed by atoms with van der Waals surface area (Å²) < 4.78 is 2.22. The summed E-state index contributed by atoms with van der Waals surface area (Å²) in [6.07, 6.45) is 5.84. The summed E-state index contributed by atoms with van der Waals surface area (Å²) >= 11 is 0. The summed E-state index contributed by atoms with van der Waals surface area (Å²) in [7, 11) is 0. The average molecular weight is 388 g/mol. The fourth-order valence-corrected chi connectivity index (χ4v) is 3.86. The van der Waals surface area contributed by atoms with Crippen LogP contribution in [0.1, 0.15) is 29.4 Å². The van der Waals surface area contributed by atoms with Crippen molar-refractivity contribution in [1.82, 2.24) is 19.8 Å². The number of nitrogens with zero attached hydrogens (tertiary/aromatic N) is 4. The minimum atomic E-state index is 0.728. The second-order valence-corrected chi connectivity index (χ2v) is 7.38. The van der Waals surface area contributed by atoms with Gasteiger partial charge in [0.15, 0.2) is 5.96 Å². The molecule has 0 bridgehead atoms. The van der Waals surface area contributed by atoms with Crippen LogP contribution in [0, 0.1) is 0 Å². The van der Waals surface area contributed by atoms with Crippen molar-refractivity contribution in [1.29, 1.82) is 0 Å². The van der Waals surface area contributed by atoms with Crippen LogP contribution in [0.25, 0.3) is 0 Å². The highest BCUT2D eigenvalue weighted by Crippen LogP contribution is 2.18. The van der Waals surface area contributed by atoms with Crippen molar-refractivity contribution in [3.63, 3.8) is 0 Å². The van der Waals surface area contributed by atoms with E-state index in [0.29, 0.717) is 0 Å². The Morgan fingerprint density at radius 1 is 1.07 bits per heavy atom. The second kappa shape index (κ2) is 9.41. The average Bonchev–Trinajstić information content (AvgIpc) is 3.20. The summed E-state index contributed by atoms with van der Waals surface area (Å²) in [5, 5.41) is 3.47. The molecule has 0 saturated heterocycles. The van der Waals surface area contributed by atoms with Gasteiger partial charge in [-0.25, -0.2) is 4.98 Å². The van der Waals surface area contributed by atoms with Crippen molar-refractivity contribution >= 4 is 5.96 Å². The van der Waals surface area contributed by atoms with Crippen LogP contribution in [0.5, 0.6) is 0 Å². The first-order valence-corrected chi connectivity index (χ1v) is 10.5. The van der Waals surface area contributed by atoms with Gasteiger partial charge in [-0.05, 0) is 30.0 Å². The van der Waals surface area contributed by atoms with Gasteiger partial charge in [0.05, 0.1) is 0 Å². The summed E-state index contributed by atoms with van der Waals surface area (Å²) in [5.41, 5.74) is 4.15. The molecule has 150 valence electrons. The van der Waals surface area contributed by atoms with Crippen molar-refractivity contribution in [2.75, 3.05) is 19.6 Å². The molecule has 0 amide bonds. The predicted octanol–water partition coefficient (Wildman–Crippen LogP) is 3.50. The van der Waals surface area contributed by atoms with Crippen molar-refractivity contribution in [2.45, 2.75) is 32.9 Å². The van der Waals surface area contributed by atoms with E-state index in [4.69, 9.17) is 4.99 Å². The Morgan fingerprint density at radius 2 is 1.86 bits per heavy atom. The molecule has 0 fully saturated rings. The number of guanidine groups is 1. The lowest BCUT2D eigenvalue weighted by Crippen LogP contribution is -2.44. The lowest BCUT2D eigenvalue weighted by atomic mass is 10.0. The van der Waals surface area contributed by atoms with Crippen LogP contribution in [-0.2, 0) is 25.9 Å². The Labute approximate surface area is 173 Å². The van der Waals surface area contributed by atoms with Crippen LogP contribution in [0.4, 0.5) is 0 Å². The molecule has 3 aromatic rings. The summed E-state index contributed by atoms with van der Waals surface area (Å²) in [6, 6.07) is 19.2. The van der Waals surface area contributed by atoms with Gasteiger partial charge in [-0.2, -0.15) is 0 Å². The van der Waals surface area contributed by atoms with Crippen LogP contribution < -0.4 is 5.32 Å². The molecule has 0 radical (unpaired) electrons. The molecule has 0 unspecified atom stereocenters. The Kier molecular flexibility index (Phi) is 6.25. The summed E-state index contributed by atoms with van der Waals surface area (Å²) in [5.74, 6) is 2.08. The van der Waals surface area contributed by atoms with E-state index in [1.165, 1.54) is 16.7 Å². The van der Waals surface area contributed by atoms with Crippen molar-refractivity contribution in [2.24, 2.45) is 4.99 Å². The standard InChI is InChI=1S/C24H29N5/c1-2-25-24(29-16-13-21-10-6-7-11-22(21)19-29)27-14-12-23-26-15-17-28(23)18-20-8-4-3-5-9-20/h3-11,15,17H,2,12-14,16,18-19H2,1H3,(H,25,27). The number of benzene rings is 2. The highest BCUT2D eigenvalue weighted by atomic mass is 15.3. The molecule has 2 heterocycles. The molecule has 4 rings (SSSR count). The number of fused-ring (bicyclic) bond motifs is 1. The fraction of sp³-hybridized carbons (Fsp3) is 0.333. The first-order chi connectivity index (χ1) is 14.3. The fourth-order valence-electron chi connectivity index (χ4n) is 3.86. The van der Waals surface area contributed by atoms with E-state index in [0.717, 1.165) is 57.3 Å². The van der Waals surface area contributed by atoms with Crippen LogP contribution in [-0.4, -0.2) is 40.0 Å². The Morgan fingerprint density at radius 3 is 2.69 bits per heavy atom. The molecule has 0 atom stereocenters. The molecule has 0 spiro atoms. The minimum absolute atomic E-state index is 0.728. The zero-order valence-electron chi connectivity index (χ0n) is 17.1. The number of aliphatic imine (C=N–C) groups is 1. The monoisotopic (exact) mass is 387 g/mol. The minimum Gasteiger partial charge on any atom is -0.357 e. The van der Waals surface area contributed by atoms with Gasteiger partial charge >= 0.3 is 0 Å². The highest BCUT2D eigenvalue weighted by Gasteiger charge is 2.18. The van der Waals surface area contributed by atoms with Gasteiger partial charge in [-0.1, -0.05) is 54.6 Å². The molecule has 0 saturated carbocycles. The van der Waals surface area contributed by atoms with E-state index in [1.807, 2.05) is 12.3 Å². The van der Waals surface area contributed by atoms with Gasteiger partial charge < -0.3 is 14.8 Å². The number of rotatable bonds is 6. The predicted molar refractivity (Wildman–Crippen MR) is 118 cm³/mol. The van der Waals surface area contributed by atoms with E-state index in [1.54, 1.807) is 0 Å². The van der Waals surface area contributed by atoms with Gasteiger partial charge in [0, 0.05) is 51.5 Å². The summed E-state index contributed by atoms with van der Waals surface area (Å²) in [6.45, 7) is 6.50. The lowest BCUT2D eigenvalue weighted by molar-refractivity contribution is 0.378. The third kappa shape index (κ3) is 4.86.